The molecular formula is C55H57N2O2PtS-. The molecule has 0 bridgehead atoms. The number of phenols is 1. The Morgan fingerprint density at radius 2 is 1.39 bits per heavy atom. The summed E-state index contributed by atoms with van der Waals surface area (Å²) in [6.45, 7) is 26.7. The summed E-state index contributed by atoms with van der Waals surface area (Å²) in [6, 6.07) is 36.5. The van der Waals surface area contributed by atoms with E-state index >= 15 is 0 Å². The summed E-state index contributed by atoms with van der Waals surface area (Å²) >= 11 is 1.64. The molecule has 0 saturated heterocycles. The van der Waals surface area contributed by atoms with Crippen LogP contribution in [-0.4, -0.2) is 15.1 Å². The van der Waals surface area contributed by atoms with Gasteiger partial charge in [0.2, 0.25) is 0 Å². The molecule has 5 aromatic carbocycles. The molecule has 0 spiro atoms. The zero-order chi connectivity index (χ0) is 42.8. The molecule has 6 heteroatoms. The number of pyridine rings is 1. The minimum Gasteiger partial charge on any atom is -0.507 e. The third-order valence-corrected chi connectivity index (χ3v) is 12.9. The Hall–Kier alpha value is -4.83. The summed E-state index contributed by atoms with van der Waals surface area (Å²) in [5, 5.41) is 13.3. The summed E-state index contributed by atoms with van der Waals surface area (Å²) in [4.78, 5) is 10.5. The van der Waals surface area contributed by atoms with Crippen molar-refractivity contribution in [1.29, 1.82) is 0 Å². The van der Waals surface area contributed by atoms with Gasteiger partial charge in [-0.05, 0) is 100 Å². The summed E-state index contributed by atoms with van der Waals surface area (Å²) in [5.41, 5.74) is 17.1. The molecule has 0 aliphatic carbocycles. The molecule has 0 atom stereocenters. The fourth-order valence-corrected chi connectivity index (χ4v) is 9.70. The molecular weight excluding hydrogens is 948 g/mol. The van der Waals surface area contributed by atoms with Crippen molar-refractivity contribution in [1.82, 2.24) is 9.97 Å². The molecule has 1 N–H and O–H groups in total. The standard InChI is InChI=1S/C55H57N2O2S.Pt/c1-31(2)41-14-13-15-42(32(3)4)49(41)44-21-20-43(51-52(44)60-53(57-51)50-46(58)22-23-47-48(50)33(5)34(6)59-47)38-26-39(28-40(27-38)55(10,11)12)45-29-37(24-25-56-45)36-18-16-35(17-19-36)30-54(7,8)9;/h13-25,27-29,31-32,58H,30H2,1-12H3;/q-1;. The van der Waals surface area contributed by atoms with Crippen LogP contribution in [0.3, 0.4) is 0 Å². The van der Waals surface area contributed by atoms with Crippen LogP contribution in [-0.2, 0) is 32.9 Å². The van der Waals surface area contributed by atoms with E-state index in [1.165, 1.54) is 33.4 Å². The van der Waals surface area contributed by atoms with Gasteiger partial charge in [0.05, 0.1) is 15.8 Å². The van der Waals surface area contributed by atoms with Crippen LogP contribution >= 0.6 is 11.3 Å². The monoisotopic (exact) mass is 1000 g/mol. The molecule has 0 fully saturated rings. The Balaban J connectivity index is 0.00000561. The molecule has 0 radical (unpaired) electrons. The minimum absolute atomic E-state index is 0. The molecule has 8 rings (SSSR count). The first-order valence-corrected chi connectivity index (χ1v) is 22.1. The van der Waals surface area contributed by atoms with Crippen LogP contribution in [0.4, 0.5) is 0 Å². The Morgan fingerprint density at radius 1 is 0.738 bits per heavy atom. The van der Waals surface area contributed by atoms with E-state index in [9.17, 15) is 5.11 Å². The summed E-state index contributed by atoms with van der Waals surface area (Å²) < 4.78 is 7.26. The zero-order valence-corrected chi connectivity index (χ0v) is 40.7. The van der Waals surface area contributed by atoms with Crippen LogP contribution < -0.4 is 0 Å². The largest absolute Gasteiger partial charge is 0.507 e. The van der Waals surface area contributed by atoms with E-state index in [0.29, 0.717) is 17.4 Å². The van der Waals surface area contributed by atoms with Crippen LogP contribution in [0.2, 0.25) is 0 Å². The van der Waals surface area contributed by atoms with Gasteiger partial charge >= 0.3 is 0 Å². The molecule has 0 aliphatic rings. The van der Waals surface area contributed by atoms with Gasteiger partial charge in [-0.1, -0.05) is 141 Å². The second-order valence-corrected chi connectivity index (χ2v) is 20.4. The molecule has 316 valence electrons. The van der Waals surface area contributed by atoms with Crippen molar-refractivity contribution in [2.75, 3.05) is 0 Å². The first-order valence-electron chi connectivity index (χ1n) is 21.3. The third-order valence-electron chi connectivity index (χ3n) is 11.8. The van der Waals surface area contributed by atoms with Crippen LogP contribution in [0.15, 0.2) is 102 Å². The average Bonchev–Trinajstić information content (AvgIpc) is 3.76. The number of benzene rings is 5. The average molecular weight is 1010 g/mol. The Labute approximate surface area is 380 Å². The number of fused-ring (bicyclic) bond motifs is 2. The SMILES string of the molecule is Cc1oc2ccc(O)c(-c3nc4c(-c5[c-]c(-c6cc(-c7ccc(CC(C)(C)C)cc7)ccn6)cc(C(C)(C)C)c5)ccc(-c5c(C(C)C)cccc5C(C)C)c4s3)c2c1C.[Pt]. The van der Waals surface area contributed by atoms with E-state index in [0.717, 1.165) is 77.4 Å². The Kier molecular flexibility index (Phi) is 12.2. The molecule has 61 heavy (non-hydrogen) atoms. The van der Waals surface area contributed by atoms with E-state index in [1.54, 1.807) is 17.4 Å². The fourth-order valence-electron chi connectivity index (χ4n) is 8.52. The van der Waals surface area contributed by atoms with Gasteiger partial charge in [-0.15, -0.1) is 40.7 Å². The van der Waals surface area contributed by atoms with Crippen LogP contribution in [0.25, 0.3) is 76.4 Å². The van der Waals surface area contributed by atoms with E-state index in [2.05, 4.69) is 161 Å². The predicted molar refractivity (Wildman–Crippen MR) is 254 cm³/mol. The number of phenolic OH excluding ortho intramolecular Hbond substituents is 1. The van der Waals surface area contributed by atoms with Crippen LogP contribution in [0, 0.1) is 25.3 Å². The van der Waals surface area contributed by atoms with Crippen molar-refractivity contribution in [3.8, 4) is 61.0 Å². The number of aromatic hydroxyl groups is 1. The second-order valence-electron chi connectivity index (χ2n) is 19.4. The van der Waals surface area contributed by atoms with Crippen molar-refractivity contribution >= 4 is 32.5 Å². The molecule has 3 aromatic heterocycles. The first-order chi connectivity index (χ1) is 28.4. The van der Waals surface area contributed by atoms with Crippen LogP contribution in [0.5, 0.6) is 5.75 Å². The number of hydrogen-bond donors (Lipinski definition) is 1. The van der Waals surface area contributed by atoms with Crippen molar-refractivity contribution in [3.63, 3.8) is 0 Å². The summed E-state index contributed by atoms with van der Waals surface area (Å²) in [7, 11) is 0. The number of rotatable bonds is 8. The Bertz CT molecular complexity index is 2870. The maximum Gasteiger partial charge on any atom is 0.135 e. The van der Waals surface area contributed by atoms with Crippen molar-refractivity contribution in [2.45, 2.75) is 107 Å². The second kappa shape index (κ2) is 16.8. The maximum atomic E-state index is 11.6. The number of furan rings is 1. The smallest absolute Gasteiger partial charge is 0.135 e. The molecule has 3 heterocycles. The van der Waals surface area contributed by atoms with E-state index in [-0.39, 0.29) is 37.6 Å². The van der Waals surface area contributed by atoms with Crippen LogP contribution in [0.1, 0.15) is 115 Å². The quantitative estimate of drug-likeness (QED) is 0.154. The zero-order valence-electron chi connectivity index (χ0n) is 37.6. The number of aromatic nitrogens is 2. The fraction of sp³-hybridized carbons (Fsp3) is 0.309. The van der Waals surface area contributed by atoms with Gasteiger partial charge in [-0.3, -0.25) is 4.98 Å². The van der Waals surface area contributed by atoms with E-state index < -0.39 is 0 Å². The summed E-state index contributed by atoms with van der Waals surface area (Å²) in [6.07, 6.45) is 2.94. The molecule has 0 saturated carbocycles. The minimum atomic E-state index is -0.147. The van der Waals surface area contributed by atoms with E-state index in [4.69, 9.17) is 14.4 Å². The number of hydrogen-bond acceptors (Lipinski definition) is 5. The van der Waals surface area contributed by atoms with Crippen molar-refractivity contribution in [2.24, 2.45) is 5.41 Å². The molecule has 8 aromatic rings. The molecule has 0 amide bonds. The summed E-state index contributed by atoms with van der Waals surface area (Å²) in [5.74, 6) is 1.67. The van der Waals surface area contributed by atoms with Gasteiger partial charge in [0.15, 0.2) is 0 Å². The van der Waals surface area contributed by atoms with E-state index in [1.807, 2.05) is 19.2 Å². The number of thiazole rings is 1. The normalized spacial score (nSPS) is 12.2. The third kappa shape index (κ3) is 8.66. The van der Waals surface area contributed by atoms with Gasteiger partial charge in [0, 0.05) is 43.9 Å². The predicted octanol–water partition coefficient (Wildman–Crippen LogP) is 16.0. The first kappa shape index (κ1) is 44.2. The molecule has 0 aliphatic heterocycles. The van der Waals surface area contributed by atoms with Gasteiger partial charge in [0.25, 0.3) is 0 Å². The van der Waals surface area contributed by atoms with Crippen molar-refractivity contribution < 1.29 is 30.6 Å². The molecule has 4 nitrogen and oxygen atoms in total. The number of aryl methyl sites for hydroxylation is 2. The Morgan fingerprint density at radius 3 is 2.03 bits per heavy atom. The van der Waals surface area contributed by atoms with Crippen molar-refractivity contribution in [3.05, 3.63) is 137 Å². The molecule has 0 unspecified atom stereocenters. The number of nitrogens with zero attached hydrogens (tertiary/aromatic N) is 2. The van der Waals surface area contributed by atoms with Gasteiger partial charge in [-0.25, -0.2) is 4.98 Å². The van der Waals surface area contributed by atoms with Gasteiger partial charge < -0.3 is 9.52 Å². The van der Waals surface area contributed by atoms with Gasteiger partial charge in [-0.2, -0.15) is 0 Å². The topological polar surface area (TPSA) is 59.2 Å². The van der Waals surface area contributed by atoms with Gasteiger partial charge in [0.1, 0.15) is 22.1 Å². The maximum absolute atomic E-state index is 11.6.